The van der Waals surface area contributed by atoms with Crippen LogP contribution in [-0.2, 0) is 0 Å². The molecule has 1 rings (SSSR count). The molecule has 3 N–H and O–H groups in total. The molecule has 1 aromatic heterocycles. The van der Waals surface area contributed by atoms with Gasteiger partial charge in [-0.25, -0.2) is 0 Å². The number of pyridine rings is 1. The summed E-state index contributed by atoms with van der Waals surface area (Å²) in [7, 11) is 0. The highest BCUT2D eigenvalue weighted by molar-refractivity contribution is 5.53. The normalized spacial score (nSPS) is 10.8. The highest BCUT2D eigenvalue weighted by Gasteiger charge is 1.87. The summed E-state index contributed by atoms with van der Waals surface area (Å²) in [5, 5.41) is 8.51. The molecular weight excluding hydrogens is 152 g/mol. The van der Waals surface area contributed by atoms with E-state index in [0.29, 0.717) is 12.1 Å². The van der Waals surface area contributed by atoms with Crippen LogP contribution in [0.4, 0.5) is 5.69 Å². The Kier molecular flexibility index (Phi) is 3.29. The SMILES string of the molecule is Nc1cncc(C=CCCO)c1. The van der Waals surface area contributed by atoms with Gasteiger partial charge in [-0.05, 0) is 18.1 Å². The van der Waals surface area contributed by atoms with Gasteiger partial charge in [-0.15, -0.1) is 0 Å². The fourth-order valence-corrected chi connectivity index (χ4v) is 0.861. The predicted octanol–water partition coefficient (Wildman–Crippen LogP) is 1.06. The van der Waals surface area contributed by atoms with Crippen molar-refractivity contribution in [2.45, 2.75) is 6.42 Å². The van der Waals surface area contributed by atoms with Crippen molar-refractivity contribution < 1.29 is 5.11 Å². The number of aliphatic hydroxyl groups is 1. The van der Waals surface area contributed by atoms with Crippen LogP contribution in [0.15, 0.2) is 24.5 Å². The van der Waals surface area contributed by atoms with Crippen LogP contribution in [0.25, 0.3) is 6.08 Å². The van der Waals surface area contributed by atoms with E-state index in [1.807, 2.05) is 18.2 Å². The van der Waals surface area contributed by atoms with E-state index in [9.17, 15) is 0 Å². The number of nitrogen functional groups attached to an aromatic ring is 1. The van der Waals surface area contributed by atoms with Gasteiger partial charge in [0.1, 0.15) is 0 Å². The summed E-state index contributed by atoms with van der Waals surface area (Å²) in [6.45, 7) is 0.173. The molecular formula is C9H12N2O. The summed E-state index contributed by atoms with van der Waals surface area (Å²) in [5.41, 5.74) is 7.13. The van der Waals surface area contributed by atoms with Crippen LogP contribution in [0.3, 0.4) is 0 Å². The second-order valence-corrected chi connectivity index (χ2v) is 2.47. The molecule has 0 saturated heterocycles. The number of aliphatic hydroxyl groups excluding tert-OH is 1. The molecule has 3 heteroatoms. The lowest BCUT2D eigenvalue weighted by atomic mass is 10.2. The van der Waals surface area contributed by atoms with E-state index < -0.39 is 0 Å². The second kappa shape index (κ2) is 4.51. The Hall–Kier alpha value is -1.35. The average molecular weight is 164 g/mol. The minimum atomic E-state index is 0.173. The van der Waals surface area contributed by atoms with Gasteiger partial charge in [0.25, 0.3) is 0 Å². The number of hydrogen-bond donors (Lipinski definition) is 2. The van der Waals surface area contributed by atoms with Crippen LogP contribution in [0, 0.1) is 0 Å². The molecule has 0 radical (unpaired) electrons. The van der Waals surface area contributed by atoms with Crippen molar-refractivity contribution in [3.63, 3.8) is 0 Å². The van der Waals surface area contributed by atoms with Gasteiger partial charge in [-0.3, -0.25) is 4.98 Å². The number of aromatic nitrogens is 1. The van der Waals surface area contributed by atoms with E-state index in [-0.39, 0.29) is 6.61 Å². The molecule has 0 unspecified atom stereocenters. The molecule has 3 nitrogen and oxygen atoms in total. The zero-order valence-electron chi connectivity index (χ0n) is 6.77. The largest absolute Gasteiger partial charge is 0.397 e. The molecule has 0 atom stereocenters. The van der Waals surface area contributed by atoms with Gasteiger partial charge in [0.05, 0.1) is 5.69 Å². The third-order valence-corrected chi connectivity index (χ3v) is 1.39. The number of hydrogen-bond acceptors (Lipinski definition) is 3. The van der Waals surface area contributed by atoms with Gasteiger partial charge in [-0.1, -0.05) is 12.2 Å². The van der Waals surface area contributed by atoms with Crippen LogP contribution in [0.1, 0.15) is 12.0 Å². The van der Waals surface area contributed by atoms with E-state index in [4.69, 9.17) is 10.8 Å². The Bertz CT molecular complexity index is 271. The lowest BCUT2D eigenvalue weighted by molar-refractivity contribution is 0.303. The molecule has 64 valence electrons. The number of rotatable bonds is 3. The van der Waals surface area contributed by atoms with Crippen molar-refractivity contribution in [1.29, 1.82) is 0 Å². The Morgan fingerprint density at radius 3 is 3.00 bits per heavy atom. The summed E-state index contributed by atoms with van der Waals surface area (Å²) in [6, 6.07) is 1.83. The molecule has 12 heavy (non-hydrogen) atoms. The van der Waals surface area contributed by atoms with Crippen molar-refractivity contribution in [3.05, 3.63) is 30.1 Å². The zero-order chi connectivity index (χ0) is 8.81. The van der Waals surface area contributed by atoms with Gasteiger partial charge in [0, 0.05) is 19.0 Å². The first-order valence-corrected chi connectivity index (χ1v) is 3.81. The third kappa shape index (κ3) is 2.72. The second-order valence-electron chi connectivity index (χ2n) is 2.47. The maximum atomic E-state index is 8.51. The molecule has 0 aromatic carbocycles. The van der Waals surface area contributed by atoms with E-state index >= 15 is 0 Å². The molecule has 0 aliphatic heterocycles. The van der Waals surface area contributed by atoms with Crippen LogP contribution < -0.4 is 5.73 Å². The minimum absolute atomic E-state index is 0.173. The van der Waals surface area contributed by atoms with Crippen LogP contribution in [-0.4, -0.2) is 16.7 Å². The molecule has 0 bridgehead atoms. The maximum absolute atomic E-state index is 8.51. The lowest BCUT2D eigenvalue weighted by Crippen LogP contribution is -1.86. The summed E-state index contributed by atoms with van der Waals surface area (Å²) >= 11 is 0. The van der Waals surface area contributed by atoms with Gasteiger partial charge in [0.2, 0.25) is 0 Å². The molecule has 0 aliphatic carbocycles. The molecule has 1 aromatic rings. The summed E-state index contributed by atoms with van der Waals surface area (Å²) < 4.78 is 0. The first-order valence-electron chi connectivity index (χ1n) is 3.81. The number of nitrogens with two attached hydrogens (primary N) is 1. The first-order chi connectivity index (χ1) is 5.83. The standard InChI is InChI=1S/C9H12N2O/c10-9-5-8(6-11-7-9)3-1-2-4-12/h1,3,5-7,12H,2,4,10H2. The van der Waals surface area contributed by atoms with Crippen LogP contribution >= 0.6 is 0 Å². The first kappa shape index (κ1) is 8.74. The maximum Gasteiger partial charge on any atom is 0.0506 e. The van der Waals surface area contributed by atoms with E-state index in [0.717, 1.165) is 5.56 Å². The number of anilines is 1. The van der Waals surface area contributed by atoms with E-state index in [1.165, 1.54) is 0 Å². The smallest absolute Gasteiger partial charge is 0.0506 e. The van der Waals surface area contributed by atoms with Crippen LogP contribution in [0.2, 0.25) is 0 Å². The van der Waals surface area contributed by atoms with Gasteiger partial charge in [0.15, 0.2) is 0 Å². The fourth-order valence-electron chi connectivity index (χ4n) is 0.861. The van der Waals surface area contributed by atoms with Gasteiger partial charge >= 0.3 is 0 Å². The van der Waals surface area contributed by atoms with Crippen molar-refractivity contribution >= 4 is 11.8 Å². The van der Waals surface area contributed by atoms with Crippen LogP contribution in [0.5, 0.6) is 0 Å². The average Bonchev–Trinajstić information content (AvgIpc) is 2.05. The molecule has 0 fully saturated rings. The molecule has 1 heterocycles. The monoisotopic (exact) mass is 164 g/mol. The summed E-state index contributed by atoms with van der Waals surface area (Å²) in [4.78, 5) is 3.92. The lowest BCUT2D eigenvalue weighted by Gasteiger charge is -1.93. The Labute approximate surface area is 71.6 Å². The van der Waals surface area contributed by atoms with Crippen molar-refractivity contribution in [3.8, 4) is 0 Å². The predicted molar refractivity (Wildman–Crippen MR) is 49.4 cm³/mol. The Balaban J connectivity index is 2.63. The Morgan fingerprint density at radius 2 is 2.33 bits per heavy atom. The van der Waals surface area contributed by atoms with Crippen molar-refractivity contribution in [2.75, 3.05) is 12.3 Å². The molecule has 0 spiro atoms. The minimum Gasteiger partial charge on any atom is -0.397 e. The summed E-state index contributed by atoms with van der Waals surface area (Å²) in [5.74, 6) is 0. The van der Waals surface area contributed by atoms with Gasteiger partial charge < -0.3 is 10.8 Å². The summed E-state index contributed by atoms with van der Waals surface area (Å²) in [6.07, 6.45) is 7.76. The molecule has 0 saturated carbocycles. The van der Waals surface area contributed by atoms with E-state index in [1.54, 1.807) is 12.4 Å². The fraction of sp³-hybridized carbons (Fsp3) is 0.222. The van der Waals surface area contributed by atoms with Gasteiger partial charge in [-0.2, -0.15) is 0 Å². The quantitative estimate of drug-likeness (QED) is 0.702. The van der Waals surface area contributed by atoms with E-state index in [2.05, 4.69) is 4.98 Å². The number of nitrogens with zero attached hydrogens (tertiary/aromatic N) is 1. The molecule has 0 aliphatic rings. The zero-order valence-corrected chi connectivity index (χ0v) is 6.77. The highest BCUT2D eigenvalue weighted by Crippen LogP contribution is 2.05. The third-order valence-electron chi connectivity index (χ3n) is 1.39. The topological polar surface area (TPSA) is 59.1 Å². The highest BCUT2D eigenvalue weighted by atomic mass is 16.2. The van der Waals surface area contributed by atoms with Crippen molar-refractivity contribution in [1.82, 2.24) is 4.98 Å². The van der Waals surface area contributed by atoms with Crippen molar-refractivity contribution in [2.24, 2.45) is 0 Å². The molecule has 0 amide bonds. The Morgan fingerprint density at radius 1 is 1.50 bits per heavy atom.